The van der Waals surface area contributed by atoms with Gasteiger partial charge in [0.25, 0.3) is 0 Å². The van der Waals surface area contributed by atoms with E-state index in [-0.39, 0.29) is 14.9 Å². The Labute approximate surface area is 288 Å². The highest BCUT2D eigenvalue weighted by Crippen LogP contribution is 2.44. The highest BCUT2D eigenvalue weighted by atomic mass is 14.4. The van der Waals surface area contributed by atoms with E-state index in [2.05, 4.69) is 125 Å². The minimum atomic E-state index is 0. The summed E-state index contributed by atoms with van der Waals surface area (Å²) in [5.41, 5.74) is 3.22. The van der Waals surface area contributed by atoms with Crippen molar-refractivity contribution < 1.29 is 0 Å². The van der Waals surface area contributed by atoms with Crippen molar-refractivity contribution in [3.63, 3.8) is 0 Å². The number of rotatable bonds is 6. The summed E-state index contributed by atoms with van der Waals surface area (Å²) in [5, 5.41) is 0. The molecule has 1 fully saturated rings. The minimum Gasteiger partial charge on any atom is -0.0776 e. The molecule has 0 amide bonds. The molecule has 0 aromatic heterocycles. The molecule has 1 aliphatic carbocycles. The fourth-order valence-corrected chi connectivity index (χ4v) is 4.62. The average Bonchev–Trinajstić information content (AvgIpc) is 2.84. The van der Waals surface area contributed by atoms with E-state index in [0.29, 0.717) is 32.5 Å². The van der Waals surface area contributed by atoms with Crippen LogP contribution >= 0.6 is 0 Å². The second kappa shape index (κ2) is 28.1. The molecule has 1 atom stereocenters. The van der Waals surface area contributed by atoms with Crippen molar-refractivity contribution in [1.82, 2.24) is 0 Å². The first kappa shape index (κ1) is 59.4. The molecule has 0 saturated heterocycles. The third-order valence-corrected chi connectivity index (χ3v) is 9.11. The third kappa shape index (κ3) is 42.0. The Morgan fingerprint density at radius 1 is 0.591 bits per heavy atom. The Morgan fingerprint density at radius 2 is 0.932 bits per heavy atom. The lowest BCUT2D eigenvalue weighted by atomic mass is 9.65. The first-order chi connectivity index (χ1) is 18.7. The van der Waals surface area contributed by atoms with E-state index in [0.717, 1.165) is 11.8 Å². The minimum absolute atomic E-state index is 0. The molecule has 0 heteroatoms. The molecule has 0 aromatic carbocycles. The summed E-state index contributed by atoms with van der Waals surface area (Å²) in [6.45, 7) is 54.3. The van der Waals surface area contributed by atoms with E-state index in [4.69, 9.17) is 0 Å². The lowest BCUT2D eigenvalue weighted by Crippen LogP contribution is -2.29. The molecule has 44 heavy (non-hydrogen) atoms. The van der Waals surface area contributed by atoms with Gasteiger partial charge in [0.2, 0.25) is 0 Å². The van der Waals surface area contributed by atoms with Gasteiger partial charge in [0.05, 0.1) is 0 Å². The van der Waals surface area contributed by atoms with Gasteiger partial charge >= 0.3 is 0 Å². The smallest absolute Gasteiger partial charge is 0.0354 e. The zero-order chi connectivity index (χ0) is 35.2. The van der Waals surface area contributed by atoms with Crippen LogP contribution in [0, 0.1) is 44.3 Å². The molecule has 0 aromatic rings. The van der Waals surface area contributed by atoms with Crippen LogP contribution in [0.3, 0.4) is 0 Å². The predicted octanol–water partition coefficient (Wildman–Crippen LogP) is 17.7. The van der Waals surface area contributed by atoms with Crippen molar-refractivity contribution in [2.24, 2.45) is 44.3 Å². The monoisotopic (exact) mass is 631 g/mol. The molecular formula is C44H102. The summed E-state index contributed by atoms with van der Waals surface area (Å²) in [4.78, 5) is 0. The molecule has 278 valence electrons. The predicted molar refractivity (Wildman–Crippen MR) is 217 cm³/mol. The fourth-order valence-electron chi connectivity index (χ4n) is 4.62. The standard InChI is InChI=1S/C12H24.2C12H26.3C2H6.2CH4/c1-11(2,3)10-6-8-12(4,5)9-7-10;1-10(12(5,6)7)8-9-11(2,3)4;1-7-12(5,6)10-8-9-11(2,3)4;3*1-2;;/h10H,6-9H2,1-5H3;10H,8-9H2,1-7H3;7-10H2,1-6H3;3*1-2H3;2*1H4. The molecule has 0 radical (unpaired) electrons. The van der Waals surface area contributed by atoms with Crippen LogP contribution in [0.15, 0.2) is 0 Å². The van der Waals surface area contributed by atoms with E-state index >= 15 is 0 Å². The highest BCUT2D eigenvalue weighted by molar-refractivity contribution is 4.84. The maximum Gasteiger partial charge on any atom is -0.0354 e. The average molecular weight is 631 g/mol. The molecule has 1 saturated carbocycles. The van der Waals surface area contributed by atoms with E-state index < -0.39 is 0 Å². The van der Waals surface area contributed by atoms with Crippen molar-refractivity contribution >= 4 is 0 Å². The molecule has 0 heterocycles. The van der Waals surface area contributed by atoms with Gasteiger partial charge in [-0.15, -0.1) is 0 Å². The Hall–Kier alpha value is 0. The molecule has 0 bridgehead atoms. The summed E-state index contributed by atoms with van der Waals surface area (Å²) in [6.07, 6.45) is 13.8. The van der Waals surface area contributed by atoms with Gasteiger partial charge in [-0.1, -0.05) is 194 Å². The van der Waals surface area contributed by atoms with Gasteiger partial charge in [-0.3, -0.25) is 0 Å². The summed E-state index contributed by atoms with van der Waals surface area (Å²) in [7, 11) is 0. The molecular weight excluding hydrogens is 528 g/mol. The van der Waals surface area contributed by atoms with E-state index in [9.17, 15) is 0 Å². The number of hydrogen-bond donors (Lipinski definition) is 0. The molecule has 0 N–H and O–H groups in total. The van der Waals surface area contributed by atoms with Crippen molar-refractivity contribution in [3.05, 3.63) is 0 Å². The quantitative estimate of drug-likeness (QED) is 0.274. The van der Waals surface area contributed by atoms with Gasteiger partial charge in [0.15, 0.2) is 0 Å². The second-order valence-electron chi connectivity index (χ2n) is 18.6. The fraction of sp³-hybridized carbons (Fsp3) is 1.00. The Balaban J connectivity index is -0.0000000839. The van der Waals surface area contributed by atoms with Crippen LogP contribution in [-0.2, 0) is 0 Å². The van der Waals surface area contributed by atoms with Gasteiger partial charge in [-0.2, -0.15) is 0 Å². The molecule has 0 aliphatic heterocycles. The lowest BCUT2D eigenvalue weighted by molar-refractivity contribution is 0.111. The Kier molecular flexibility index (Phi) is 37.9. The van der Waals surface area contributed by atoms with Gasteiger partial charge in [-0.25, -0.2) is 0 Å². The Morgan fingerprint density at radius 3 is 1.18 bits per heavy atom. The van der Waals surface area contributed by atoms with Crippen LogP contribution in [0.25, 0.3) is 0 Å². The van der Waals surface area contributed by atoms with E-state index in [1.807, 2.05) is 41.5 Å². The van der Waals surface area contributed by atoms with Gasteiger partial charge < -0.3 is 0 Å². The highest BCUT2D eigenvalue weighted by Gasteiger charge is 2.32. The van der Waals surface area contributed by atoms with Crippen LogP contribution in [0.5, 0.6) is 0 Å². The van der Waals surface area contributed by atoms with Crippen molar-refractivity contribution in [2.45, 2.75) is 245 Å². The van der Waals surface area contributed by atoms with E-state index in [1.165, 1.54) is 64.2 Å². The normalized spacial score (nSPS) is 15.5. The molecule has 0 spiro atoms. The first-order valence-corrected chi connectivity index (χ1v) is 18.7. The van der Waals surface area contributed by atoms with Gasteiger partial charge in [-0.05, 0) is 95.7 Å². The van der Waals surface area contributed by atoms with Gasteiger partial charge in [0, 0.05) is 0 Å². The zero-order valence-electron chi connectivity index (χ0n) is 35.2. The largest absolute Gasteiger partial charge is 0.0776 e. The number of hydrogen-bond acceptors (Lipinski definition) is 0. The van der Waals surface area contributed by atoms with Crippen molar-refractivity contribution in [3.8, 4) is 0 Å². The topological polar surface area (TPSA) is 0 Å². The molecule has 1 rings (SSSR count). The van der Waals surface area contributed by atoms with Crippen molar-refractivity contribution in [2.75, 3.05) is 0 Å². The second-order valence-corrected chi connectivity index (χ2v) is 18.6. The van der Waals surface area contributed by atoms with Crippen LogP contribution in [0.1, 0.15) is 245 Å². The summed E-state index contributed by atoms with van der Waals surface area (Å²) in [6, 6.07) is 0. The lowest BCUT2D eigenvalue weighted by Gasteiger charge is -2.40. The maximum absolute atomic E-state index is 2.41. The maximum atomic E-state index is 2.41. The van der Waals surface area contributed by atoms with Gasteiger partial charge in [0.1, 0.15) is 0 Å². The summed E-state index contributed by atoms with van der Waals surface area (Å²) >= 11 is 0. The van der Waals surface area contributed by atoms with Crippen molar-refractivity contribution in [1.29, 1.82) is 0 Å². The first-order valence-electron chi connectivity index (χ1n) is 18.7. The molecule has 0 nitrogen and oxygen atoms in total. The Bertz CT molecular complexity index is 524. The third-order valence-electron chi connectivity index (χ3n) is 9.11. The SMILES string of the molecule is C.C.CC.CC.CC.CC(CCC(C)(C)C)C(C)(C)C.CC1(C)CCC(C(C)(C)C)CC1.CCC(C)(C)CCCC(C)(C)C. The van der Waals surface area contributed by atoms with Crippen LogP contribution in [0.4, 0.5) is 0 Å². The zero-order valence-corrected chi connectivity index (χ0v) is 35.2. The summed E-state index contributed by atoms with van der Waals surface area (Å²) < 4.78 is 0. The molecule has 1 unspecified atom stereocenters. The van der Waals surface area contributed by atoms with Crippen LogP contribution in [-0.4, -0.2) is 0 Å². The van der Waals surface area contributed by atoms with Crippen LogP contribution in [0.2, 0.25) is 0 Å². The van der Waals surface area contributed by atoms with E-state index in [1.54, 1.807) is 0 Å². The summed E-state index contributed by atoms with van der Waals surface area (Å²) in [5.74, 6) is 1.79. The molecule has 1 aliphatic rings. The van der Waals surface area contributed by atoms with Crippen LogP contribution < -0.4 is 0 Å².